The van der Waals surface area contributed by atoms with Gasteiger partial charge in [-0.1, -0.05) is 56.5 Å². The summed E-state index contributed by atoms with van der Waals surface area (Å²) in [5.41, 5.74) is 18.1. The quantitative estimate of drug-likeness (QED) is 0.119. The van der Waals surface area contributed by atoms with Crippen LogP contribution in [0, 0.1) is 5.92 Å². The van der Waals surface area contributed by atoms with Crippen LogP contribution in [0.5, 0.6) is 11.5 Å². The fraction of sp³-hybridized carbons (Fsp3) is 0.514. The Morgan fingerprint density at radius 1 is 1.20 bits per heavy atom. The van der Waals surface area contributed by atoms with Crippen molar-refractivity contribution in [3.63, 3.8) is 0 Å². The second-order valence-electron chi connectivity index (χ2n) is 13.2. The average molecular weight is 631 g/mol. The van der Waals surface area contributed by atoms with Crippen LogP contribution in [0.25, 0.3) is 0 Å². The lowest BCUT2D eigenvalue weighted by Gasteiger charge is -2.33. The number of phenolic OH excluding ortho intramolecular Hbond substituents is 1. The molecule has 2 aromatic rings. The van der Waals surface area contributed by atoms with E-state index in [2.05, 4.69) is 24.0 Å². The standard InChI is InChI=1S/C37H50N4O5/c1-2-3-4-8-29(43)19-30(44)11-9-25-10-12-34(45)35(17-25)46-24-41-22-31-32(21-40-33(31)23-41)37(15-13-26(20-37)14-16-42)28-7-5-6-27(18-28)36(38)39/h5-7,10,12,17-18,21,23,26,29,36,42-43,45H,2-4,8-9,11,13-16,19-20,22,24,38-39H2,1H3/t26-,29-,37+/m1/s1. The first-order valence-corrected chi connectivity index (χ1v) is 16.8. The van der Waals surface area contributed by atoms with Gasteiger partial charge in [-0.25, -0.2) is 0 Å². The zero-order valence-electron chi connectivity index (χ0n) is 27.0. The molecular formula is C37H50N4O5. The fourth-order valence-corrected chi connectivity index (χ4v) is 7.27. The van der Waals surface area contributed by atoms with E-state index in [4.69, 9.17) is 21.2 Å². The van der Waals surface area contributed by atoms with Gasteiger partial charge in [-0.15, -0.1) is 0 Å². The molecule has 0 aromatic heterocycles. The molecule has 0 amide bonds. The number of benzene rings is 2. The lowest BCUT2D eigenvalue weighted by molar-refractivity contribution is -0.121. The number of aliphatic hydroxyl groups is 2. The molecule has 0 radical (unpaired) electrons. The first-order chi connectivity index (χ1) is 22.2. The third-order valence-electron chi connectivity index (χ3n) is 9.83. The second kappa shape index (κ2) is 15.4. The van der Waals surface area contributed by atoms with Crippen LogP contribution in [0.3, 0.4) is 0 Å². The number of aliphatic hydroxyl groups excluding tert-OH is 2. The molecular weight excluding hydrogens is 580 g/mol. The van der Waals surface area contributed by atoms with Crippen LogP contribution in [0.15, 0.2) is 70.5 Å². The molecule has 3 atom stereocenters. The Balaban J connectivity index is 1.24. The number of nitrogens with two attached hydrogens (primary N) is 2. The van der Waals surface area contributed by atoms with Gasteiger partial charge in [-0.05, 0) is 78.8 Å². The van der Waals surface area contributed by atoms with E-state index in [-0.39, 0.29) is 36.7 Å². The molecule has 2 aliphatic heterocycles. The Bertz CT molecular complexity index is 1470. The topological polar surface area (TPSA) is 155 Å². The largest absolute Gasteiger partial charge is 0.504 e. The maximum atomic E-state index is 12.4. The first-order valence-electron chi connectivity index (χ1n) is 16.8. The van der Waals surface area contributed by atoms with Gasteiger partial charge in [0.25, 0.3) is 0 Å². The van der Waals surface area contributed by atoms with E-state index >= 15 is 0 Å². The van der Waals surface area contributed by atoms with Crippen LogP contribution in [-0.4, -0.2) is 58.2 Å². The number of carbonyl (C=O) groups excluding carboxylic acids is 1. The minimum atomic E-state index is -0.577. The van der Waals surface area contributed by atoms with Crippen LogP contribution in [-0.2, 0) is 16.6 Å². The molecule has 1 aliphatic carbocycles. The number of hydrogen-bond acceptors (Lipinski definition) is 9. The van der Waals surface area contributed by atoms with Gasteiger partial charge >= 0.3 is 0 Å². The van der Waals surface area contributed by atoms with Gasteiger partial charge in [0.15, 0.2) is 18.2 Å². The summed E-state index contributed by atoms with van der Waals surface area (Å²) >= 11 is 0. The Labute approximate surface area is 272 Å². The highest BCUT2D eigenvalue weighted by Crippen LogP contribution is 2.53. The highest BCUT2D eigenvalue weighted by molar-refractivity contribution is 5.90. The minimum absolute atomic E-state index is 0.0414. The minimum Gasteiger partial charge on any atom is -0.504 e. The predicted octanol–water partition coefficient (Wildman–Crippen LogP) is 5.14. The molecule has 0 saturated heterocycles. The van der Waals surface area contributed by atoms with E-state index in [0.717, 1.165) is 61.8 Å². The molecule has 248 valence electrons. The Morgan fingerprint density at radius 2 is 2.04 bits per heavy atom. The molecule has 2 aromatic carbocycles. The number of allylic oxidation sites excluding steroid dienone is 1. The van der Waals surface area contributed by atoms with Gasteiger partial charge in [0.2, 0.25) is 0 Å². The van der Waals surface area contributed by atoms with Crippen molar-refractivity contribution in [2.75, 3.05) is 19.9 Å². The van der Waals surface area contributed by atoms with E-state index < -0.39 is 12.3 Å². The fourth-order valence-electron chi connectivity index (χ4n) is 7.27. The smallest absolute Gasteiger partial charge is 0.163 e. The number of unbranched alkanes of at least 4 members (excludes halogenated alkanes) is 2. The van der Waals surface area contributed by atoms with Gasteiger partial charge in [0.1, 0.15) is 5.78 Å². The van der Waals surface area contributed by atoms with E-state index in [9.17, 15) is 20.1 Å². The van der Waals surface area contributed by atoms with E-state index in [1.807, 2.05) is 24.5 Å². The van der Waals surface area contributed by atoms with Gasteiger partial charge in [-0.3, -0.25) is 9.79 Å². The molecule has 5 rings (SSSR count). The number of phenols is 1. The molecule has 0 spiro atoms. The third-order valence-corrected chi connectivity index (χ3v) is 9.83. The number of aromatic hydroxyl groups is 1. The number of Topliss-reactive ketones (excluding diaryl/α,β-unsaturated/α-hetero) is 1. The lowest BCUT2D eigenvalue weighted by atomic mass is 9.70. The Morgan fingerprint density at radius 3 is 2.83 bits per heavy atom. The third kappa shape index (κ3) is 7.89. The molecule has 3 aliphatic rings. The number of aliphatic imine (C=N–C) groups is 1. The Hall–Kier alpha value is -3.50. The van der Waals surface area contributed by atoms with E-state index in [1.165, 1.54) is 16.7 Å². The number of hydrogen-bond donors (Lipinski definition) is 5. The maximum absolute atomic E-state index is 12.4. The lowest BCUT2D eigenvalue weighted by Crippen LogP contribution is -2.30. The molecule has 7 N–H and O–H groups in total. The average Bonchev–Trinajstić information content (AvgIpc) is 3.76. The van der Waals surface area contributed by atoms with E-state index in [0.29, 0.717) is 37.5 Å². The molecule has 9 heteroatoms. The summed E-state index contributed by atoms with van der Waals surface area (Å²) in [4.78, 5) is 19.3. The van der Waals surface area contributed by atoms with Crippen LogP contribution in [0.1, 0.15) is 94.0 Å². The second-order valence-corrected chi connectivity index (χ2v) is 13.2. The number of fused-ring (bicyclic) bond motifs is 1. The summed E-state index contributed by atoms with van der Waals surface area (Å²) < 4.78 is 6.09. The maximum Gasteiger partial charge on any atom is 0.163 e. The van der Waals surface area contributed by atoms with Crippen LogP contribution >= 0.6 is 0 Å². The number of rotatable bonds is 17. The van der Waals surface area contributed by atoms with Crippen LogP contribution < -0.4 is 16.2 Å². The van der Waals surface area contributed by atoms with Gasteiger partial charge in [-0.2, -0.15) is 0 Å². The Kier molecular flexibility index (Phi) is 11.3. The predicted molar refractivity (Wildman–Crippen MR) is 180 cm³/mol. The molecule has 1 fully saturated rings. The van der Waals surface area contributed by atoms with Crippen molar-refractivity contribution >= 4 is 12.0 Å². The van der Waals surface area contributed by atoms with Crippen LogP contribution in [0.4, 0.5) is 0 Å². The highest BCUT2D eigenvalue weighted by atomic mass is 16.5. The number of aryl methyl sites for hydroxylation is 1. The SMILES string of the molecule is CCCCC[C@@H](O)CC(=O)CCc1ccc(O)c(OCN2C=C3N=CC([C@@]4(c5cccc(C(N)N)c5)CC[C@H](CCO)C4)=C3C2)c1. The summed E-state index contributed by atoms with van der Waals surface area (Å²) in [6.45, 7) is 3.15. The number of nitrogens with zero attached hydrogens (tertiary/aromatic N) is 2. The summed E-state index contributed by atoms with van der Waals surface area (Å²) in [6.07, 6.45) is 11.3. The monoisotopic (exact) mass is 630 g/mol. The van der Waals surface area contributed by atoms with E-state index in [1.54, 1.807) is 18.2 Å². The summed E-state index contributed by atoms with van der Waals surface area (Å²) in [6, 6.07) is 13.5. The van der Waals surface area contributed by atoms with Crippen molar-refractivity contribution in [3.8, 4) is 11.5 Å². The van der Waals surface area contributed by atoms with Gasteiger partial charge in [0.05, 0.1) is 18.0 Å². The van der Waals surface area contributed by atoms with Crippen molar-refractivity contribution in [1.82, 2.24) is 4.90 Å². The number of carbonyl (C=O) groups is 1. The summed E-state index contributed by atoms with van der Waals surface area (Å²) in [5.74, 6) is 0.868. The van der Waals surface area contributed by atoms with Gasteiger partial charge in [0, 0.05) is 49.4 Å². The highest BCUT2D eigenvalue weighted by Gasteiger charge is 2.46. The van der Waals surface area contributed by atoms with Crippen molar-refractivity contribution in [2.24, 2.45) is 22.4 Å². The molecule has 1 saturated carbocycles. The normalized spacial score (nSPS) is 21.3. The molecule has 46 heavy (non-hydrogen) atoms. The van der Waals surface area contributed by atoms with Crippen molar-refractivity contribution in [2.45, 2.75) is 95.2 Å². The summed E-state index contributed by atoms with van der Waals surface area (Å²) in [7, 11) is 0. The molecule has 9 nitrogen and oxygen atoms in total. The van der Waals surface area contributed by atoms with Crippen molar-refractivity contribution in [1.29, 1.82) is 0 Å². The molecule has 0 bridgehead atoms. The number of ketones is 1. The summed E-state index contributed by atoms with van der Waals surface area (Å²) in [5, 5.41) is 30.4. The zero-order valence-corrected chi connectivity index (χ0v) is 27.0. The molecule has 2 heterocycles. The van der Waals surface area contributed by atoms with Gasteiger partial charge < -0.3 is 36.4 Å². The first kappa shape index (κ1) is 33.9. The van der Waals surface area contributed by atoms with Crippen molar-refractivity contribution in [3.05, 3.63) is 82.2 Å². The van der Waals surface area contributed by atoms with Crippen molar-refractivity contribution < 1.29 is 24.9 Å². The van der Waals surface area contributed by atoms with Crippen LogP contribution in [0.2, 0.25) is 0 Å². The molecule has 0 unspecified atom stereocenters. The zero-order chi connectivity index (χ0) is 32.7. The number of ether oxygens (including phenoxy) is 1.